The zero-order chi connectivity index (χ0) is 21.2. The smallest absolute Gasteiger partial charge is 0.246 e. The average Bonchev–Trinajstić information content (AvgIpc) is 3.20. The third kappa shape index (κ3) is 4.81. The van der Waals surface area contributed by atoms with Gasteiger partial charge >= 0.3 is 0 Å². The molecule has 1 saturated heterocycles. The maximum absolute atomic E-state index is 13.0. The number of halogens is 1. The lowest BCUT2D eigenvalue weighted by atomic mass is 9.99. The van der Waals surface area contributed by atoms with Gasteiger partial charge in [0, 0.05) is 39.4 Å². The summed E-state index contributed by atoms with van der Waals surface area (Å²) in [7, 11) is -1.95. The van der Waals surface area contributed by atoms with Crippen LogP contribution in [-0.4, -0.2) is 57.8 Å². The summed E-state index contributed by atoms with van der Waals surface area (Å²) in [5.74, 6) is -0.459. The lowest BCUT2D eigenvalue weighted by Crippen LogP contribution is -2.45. The highest BCUT2D eigenvalue weighted by molar-refractivity contribution is 7.89. The van der Waals surface area contributed by atoms with Crippen LogP contribution in [0.25, 0.3) is 0 Å². The van der Waals surface area contributed by atoms with Crippen LogP contribution in [0.2, 0.25) is 5.02 Å². The minimum Gasteiger partial charge on any atom is -0.356 e. The number of hydrogen-bond donors (Lipinski definition) is 1. The largest absolute Gasteiger partial charge is 0.356 e. The third-order valence-electron chi connectivity index (χ3n) is 5.31. The number of nitrogens with zero attached hydrogens (tertiary/aromatic N) is 5. The van der Waals surface area contributed by atoms with Crippen molar-refractivity contribution in [2.45, 2.75) is 44.6 Å². The Morgan fingerprint density at radius 1 is 1.38 bits per heavy atom. The number of nitrogens with one attached hydrogen (secondary N) is 1. The van der Waals surface area contributed by atoms with Crippen molar-refractivity contribution in [2.24, 2.45) is 13.0 Å². The van der Waals surface area contributed by atoms with Crippen molar-refractivity contribution in [1.29, 1.82) is 0 Å². The molecule has 1 fully saturated rings. The first-order valence-corrected chi connectivity index (χ1v) is 11.5. The molecule has 2 aromatic rings. The van der Waals surface area contributed by atoms with E-state index in [2.05, 4.69) is 15.5 Å². The zero-order valence-electron chi connectivity index (χ0n) is 16.9. The summed E-state index contributed by atoms with van der Waals surface area (Å²) in [5, 5.41) is 11.9. The Balaban J connectivity index is 1.53. The molecule has 0 aromatic carbocycles. The Labute approximate surface area is 176 Å². The monoisotopic (exact) mass is 442 g/mol. The molecule has 3 rings (SSSR count). The summed E-state index contributed by atoms with van der Waals surface area (Å²) < 4.78 is 30.6. The van der Waals surface area contributed by atoms with Gasteiger partial charge in [0.15, 0.2) is 0 Å². The molecule has 0 unspecified atom stereocenters. The lowest BCUT2D eigenvalue weighted by Gasteiger charge is -2.31. The standard InChI is InChI=1S/C18H27ClN6O3S/c1-13-16(19)12-24(22-13)8-5-7-20-18(26)15-6-4-9-25(11-15)29(27,28)17-10-21-23(3)14(17)2/h10,12,15H,4-9,11H2,1-3H3,(H,20,26)/t15-/m0/s1. The number of rotatable bonds is 7. The molecule has 0 radical (unpaired) electrons. The molecule has 0 saturated carbocycles. The Bertz CT molecular complexity index is 964. The van der Waals surface area contributed by atoms with Crippen molar-refractivity contribution in [2.75, 3.05) is 19.6 Å². The summed E-state index contributed by atoms with van der Waals surface area (Å²) in [6.07, 6.45) is 5.19. The normalized spacial score (nSPS) is 18.1. The van der Waals surface area contributed by atoms with E-state index in [4.69, 9.17) is 11.6 Å². The quantitative estimate of drug-likeness (QED) is 0.654. The topological polar surface area (TPSA) is 102 Å². The van der Waals surface area contributed by atoms with Crippen LogP contribution in [0.1, 0.15) is 30.7 Å². The predicted molar refractivity (Wildman–Crippen MR) is 109 cm³/mol. The molecule has 0 spiro atoms. The summed E-state index contributed by atoms with van der Waals surface area (Å²) in [5.41, 5.74) is 1.37. The van der Waals surface area contributed by atoms with Crippen LogP contribution in [0.3, 0.4) is 0 Å². The summed E-state index contributed by atoms with van der Waals surface area (Å²) in [4.78, 5) is 12.8. The molecule has 29 heavy (non-hydrogen) atoms. The van der Waals surface area contributed by atoms with Gasteiger partial charge in [-0.25, -0.2) is 8.42 Å². The van der Waals surface area contributed by atoms with Gasteiger partial charge in [0.1, 0.15) is 4.90 Å². The van der Waals surface area contributed by atoms with Crippen molar-refractivity contribution in [3.8, 4) is 0 Å². The number of carbonyl (C=O) groups excluding carboxylic acids is 1. The Morgan fingerprint density at radius 3 is 2.76 bits per heavy atom. The number of amides is 1. The van der Waals surface area contributed by atoms with Crippen LogP contribution in [0, 0.1) is 19.8 Å². The minimum absolute atomic E-state index is 0.109. The highest BCUT2D eigenvalue weighted by atomic mass is 35.5. The van der Waals surface area contributed by atoms with Crippen LogP contribution in [0.4, 0.5) is 0 Å². The molecule has 11 heteroatoms. The maximum atomic E-state index is 13.0. The van der Waals surface area contributed by atoms with Crippen LogP contribution in [0.5, 0.6) is 0 Å². The lowest BCUT2D eigenvalue weighted by molar-refractivity contribution is -0.126. The van der Waals surface area contributed by atoms with Gasteiger partial charge in [0.05, 0.1) is 28.5 Å². The number of aryl methyl sites for hydroxylation is 3. The van der Waals surface area contributed by atoms with Gasteiger partial charge < -0.3 is 5.32 Å². The van der Waals surface area contributed by atoms with Crippen LogP contribution < -0.4 is 5.32 Å². The van der Waals surface area contributed by atoms with E-state index in [-0.39, 0.29) is 23.3 Å². The number of aromatic nitrogens is 4. The minimum atomic E-state index is -3.66. The van der Waals surface area contributed by atoms with Gasteiger partial charge in [0.25, 0.3) is 0 Å². The fraction of sp³-hybridized carbons (Fsp3) is 0.611. The SMILES string of the molecule is Cc1nn(CCCNC(=O)[C@H]2CCCN(S(=O)(=O)c3cnn(C)c3C)C2)cc1Cl. The van der Waals surface area contributed by atoms with Gasteiger partial charge in [-0.3, -0.25) is 14.2 Å². The van der Waals surface area contributed by atoms with E-state index in [1.165, 1.54) is 15.2 Å². The van der Waals surface area contributed by atoms with Crippen molar-refractivity contribution in [3.63, 3.8) is 0 Å². The molecule has 1 aliphatic rings. The summed E-state index contributed by atoms with van der Waals surface area (Å²) in [6.45, 7) is 5.33. The van der Waals surface area contributed by atoms with Crippen molar-refractivity contribution >= 4 is 27.5 Å². The van der Waals surface area contributed by atoms with E-state index in [9.17, 15) is 13.2 Å². The van der Waals surface area contributed by atoms with Crippen molar-refractivity contribution < 1.29 is 13.2 Å². The van der Waals surface area contributed by atoms with Gasteiger partial charge in [-0.1, -0.05) is 11.6 Å². The van der Waals surface area contributed by atoms with Crippen LogP contribution in [-0.2, 0) is 28.4 Å². The molecule has 3 heterocycles. The molecular formula is C18H27ClN6O3S. The number of sulfonamides is 1. The van der Waals surface area contributed by atoms with Gasteiger partial charge in [-0.2, -0.15) is 14.5 Å². The first-order valence-electron chi connectivity index (χ1n) is 9.66. The molecule has 1 atom stereocenters. The van der Waals surface area contributed by atoms with E-state index in [1.54, 1.807) is 24.9 Å². The Hall–Kier alpha value is -1.91. The van der Waals surface area contributed by atoms with Crippen molar-refractivity contribution in [1.82, 2.24) is 29.2 Å². The fourth-order valence-electron chi connectivity index (χ4n) is 3.45. The van der Waals surface area contributed by atoms with Crippen LogP contribution >= 0.6 is 11.6 Å². The molecule has 9 nitrogen and oxygen atoms in total. The summed E-state index contributed by atoms with van der Waals surface area (Å²) in [6, 6.07) is 0. The van der Waals surface area contributed by atoms with Gasteiger partial charge in [-0.05, 0) is 33.1 Å². The predicted octanol–water partition coefficient (Wildman–Crippen LogP) is 1.49. The molecule has 0 aliphatic carbocycles. The number of piperidine rings is 1. The first kappa shape index (κ1) is 21.8. The van der Waals surface area contributed by atoms with E-state index in [1.807, 2.05) is 6.92 Å². The molecule has 160 valence electrons. The maximum Gasteiger partial charge on any atom is 0.246 e. The van der Waals surface area contributed by atoms with Gasteiger partial charge in [-0.15, -0.1) is 0 Å². The second-order valence-corrected chi connectivity index (χ2v) is 9.70. The fourth-order valence-corrected chi connectivity index (χ4v) is 5.31. The average molecular weight is 443 g/mol. The highest BCUT2D eigenvalue weighted by Crippen LogP contribution is 2.25. The van der Waals surface area contributed by atoms with E-state index in [0.717, 1.165) is 5.69 Å². The molecule has 1 N–H and O–H groups in total. The zero-order valence-corrected chi connectivity index (χ0v) is 18.5. The van der Waals surface area contributed by atoms with E-state index < -0.39 is 10.0 Å². The van der Waals surface area contributed by atoms with Crippen LogP contribution in [0.15, 0.2) is 17.3 Å². The first-order chi connectivity index (χ1) is 13.7. The van der Waals surface area contributed by atoms with E-state index >= 15 is 0 Å². The summed E-state index contributed by atoms with van der Waals surface area (Å²) >= 11 is 5.99. The second-order valence-electron chi connectivity index (χ2n) is 7.39. The Kier molecular flexibility index (Phi) is 6.65. The molecule has 1 aliphatic heterocycles. The third-order valence-corrected chi connectivity index (χ3v) is 7.65. The number of carbonyl (C=O) groups is 1. The van der Waals surface area contributed by atoms with Crippen molar-refractivity contribution in [3.05, 3.63) is 28.8 Å². The molecular weight excluding hydrogens is 416 g/mol. The second kappa shape index (κ2) is 8.85. The molecule has 0 bridgehead atoms. The van der Waals surface area contributed by atoms with Gasteiger partial charge in [0.2, 0.25) is 15.9 Å². The molecule has 2 aromatic heterocycles. The Morgan fingerprint density at radius 2 is 2.14 bits per heavy atom. The number of hydrogen-bond acceptors (Lipinski definition) is 5. The highest BCUT2D eigenvalue weighted by Gasteiger charge is 2.34. The van der Waals surface area contributed by atoms with E-state index in [0.29, 0.717) is 49.6 Å². The molecule has 1 amide bonds.